The van der Waals surface area contributed by atoms with Crippen LogP contribution in [0.4, 0.5) is 0 Å². The monoisotopic (exact) mass is 216 g/mol. The third-order valence-electron chi connectivity index (χ3n) is 2.53. The number of ether oxygens (including phenoxy) is 1. The van der Waals surface area contributed by atoms with Crippen LogP contribution in [0.2, 0.25) is 0 Å². The van der Waals surface area contributed by atoms with Crippen LogP contribution in [0, 0.1) is 18.3 Å². The Labute approximate surface area is 98.8 Å². The number of hydrogen-bond acceptors (Lipinski definition) is 1. The van der Waals surface area contributed by atoms with Gasteiger partial charge in [0.2, 0.25) is 0 Å². The predicted molar refractivity (Wildman–Crippen MR) is 67.9 cm³/mol. The molecule has 1 atom stereocenters. The van der Waals surface area contributed by atoms with Gasteiger partial charge in [-0.15, -0.1) is 12.3 Å². The fourth-order valence-corrected chi connectivity index (χ4v) is 1.59. The smallest absolute Gasteiger partial charge is 0.0717 e. The van der Waals surface area contributed by atoms with E-state index in [-0.39, 0.29) is 0 Å². The van der Waals surface area contributed by atoms with Crippen LogP contribution in [0.5, 0.6) is 0 Å². The van der Waals surface area contributed by atoms with Crippen molar-refractivity contribution in [1.29, 1.82) is 0 Å². The quantitative estimate of drug-likeness (QED) is 0.499. The zero-order valence-electron chi connectivity index (χ0n) is 9.99. The molecule has 16 heavy (non-hydrogen) atoms. The zero-order valence-corrected chi connectivity index (χ0v) is 9.99. The first kappa shape index (κ1) is 12.8. The highest BCUT2D eigenvalue weighted by Crippen LogP contribution is 2.09. The molecule has 0 bridgehead atoms. The standard InChI is InChI=1S/C15H20O/c1-3-4-6-9-14(2)12-16-13-15-10-7-5-8-11-15/h1,5,7-8,10-11,14H,4,6,9,12-13H2,2H3. The Kier molecular flexibility index (Phi) is 6.37. The van der Waals surface area contributed by atoms with Gasteiger partial charge < -0.3 is 4.74 Å². The van der Waals surface area contributed by atoms with Crippen LogP contribution < -0.4 is 0 Å². The molecule has 1 rings (SSSR count). The lowest BCUT2D eigenvalue weighted by Gasteiger charge is -2.11. The molecule has 1 aromatic carbocycles. The molecule has 0 aromatic heterocycles. The largest absolute Gasteiger partial charge is 0.376 e. The zero-order chi connectivity index (χ0) is 11.6. The third kappa shape index (κ3) is 5.58. The average molecular weight is 216 g/mol. The van der Waals surface area contributed by atoms with Gasteiger partial charge in [-0.3, -0.25) is 0 Å². The molecule has 1 unspecified atom stereocenters. The van der Waals surface area contributed by atoms with E-state index in [9.17, 15) is 0 Å². The van der Waals surface area contributed by atoms with E-state index in [1.807, 2.05) is 18.2 Å². The van der Waals surface area contributed by atoms with Gasteiger partial charge in [0, 0.05) is 13.0 Å². The Hall–Kier alpha value is -1.26. The van der Waals surface area contributed by atoms with Crippen molar-refractivity contribution >= 4 is 0 Å². The molecule has 0 saturated heterocycles. The lowest BCUT2D eigenvalue weighted by Crippen LogP contribution is -2.05. The summed E-state index contributed by atoms with van der Waals surface area (Å²) < 4.78 is 5.66. The van der Waals surface area contributed by atoms with E-state index in [0.717, 1.165) is 25.9 Å². The Morgan fingerprint density at radius 2 is 2.06 bits per heavy atom. The topological polar surface area (TPSA) is 9.23 Å². The van der Waals surface area contributed by atoms with Crippen LogP contribution in [0.3, 0.4) is 0 Å². The molecule has 0 N–H and O–H groups in total. The van der Waals surface area contributed by atoms with Crippen LogP contribution in [-0.2, 0) is 11.3 Å². The van der Waals surface area contributed by atoms with E-state index in [2.05, 4.69) is 25.0 Å². The van der Waals surface area contributed by atoms with Crippen molar-refractivity contribution in [1.82, 2.24) is 0 Å². The molecule has 0 aliphatic heterocycles. The average Bonchev–Trinajstić information content (AvgIpc) is 2.31. The van der Waals surface area contributed by atoms with E-state index < -0.39 is 0 Å². The summed E-state index contributed by atoms with van der Waals surface area (Å²) in [6, 6.07) is 10.3. The highest BCUT2D eigenvalue weighted by molar-refractivity contribution is 5.13. The normalized spacial score (nSPS) is 12.0. The minimum atomic E-state index is 0.595. The molecular weight excluding hydrogens is 196 g/mol. The Bertz CT molecular complexity index is 310. The van der Waals surface area contributed by atoms with Gasteiger partial charge in [-0.1, -0.05) is 37.3 Å². The second-order valence-electron chi connectivity index (χ2n) is 4.20. The van der Waals surface area contributed by atoms with Gasteiger partial charge in [0.25, 0.3) is 0 Å². The highest BCUT2D eigenvalue weighted by atomic mass is 16.5. The van der Waals surface area contributed by atoms with E-state index in [4.69, 9.17) is 11.2 Å². The van der Waals surface area contributed by atoms with Crippen molar-refractivity contribution in [3.8, 4) is 12.3 Å². The molecule has 0 spiro atoms. The molecule has 0 amide bonds. The minimum Gasteiger partial charge on any atom is -0.376 e. The van der Waals surface area contributed by atoms with E-state index in [1.54, 1.807) is 0 Å². The first-order valence-corrected chi connectivity index (χ1v) is 5.88. The van der Waals surface area contributed by atoms with Gasteiger partial charge in [0.15, 0.2) is 0 Å². The maximum Gasteiger partial charge on any atom is 0.0717 e. The maximum atomic E-state index is 5.66. The van der Waals surface area contributed by atoms with Crippen molar-refractivity contribution in [3.05, 3.63) is 35.9 Å². The van der Waals surface area contributed by atoms with Gasteiger partial charge >= 0.3 is 0 Å². The molecule has 0 heterocycles. The van der Waals surface area contributed by atoms with Crippen molar-refractivity contribution < 1.29 is 4.74 Å². The number of rotatable bonds is 7. The Morgan fingerprint density at radius 3 is 2.75 bits per heavy atom. The third-order valence-corrected chi connectivity index (χ3v) is 2.53. The van der Waals surface area contributed by atoms with E-state index in [1.165, 1.54) is 5.56 Å². The van der Waals surface area contributed by atoms with E-state index in [0.29, 0.717) is 12.5 Å². The molecule has 86 valence electrons. The number of unbranched alkanes of at least 4 members (excludes halogenated alkanes) is 1. The summed E-state index contributed by atoms with van der Waals surface area (Å²) in [5.74, 6) is 3.26. The predicted octanol–water partition coefficient (Wildman–Crippen LogP) is 3.64. The second kappa shape index (κ2) is 7.96. The second-order valence-corrected chi connectivity index (χ2v) is 4.20. The lowest BCUT2D eigenvalue weighted by atomic mass is 10.1. The molecule has 0 radical (unpaired) electrons. The summed E-state index contributed by atoms with van der Waals surface area (Å²) in [5.41, 5.74) is 1.23. The molecule has 0 aliphatic carbocycles. The highest BCUT2D eigenvalue weighted by Gasteiger charge is 2.01. The number of hydrogen-bond donors (Lipinski definition) is 0. The fourth-order valence-electron chi connectivity index (χ4n) is 1.59. The van der Waals surface area contributed by atoms with Gasteiger partial charge in [0.1, 0.15) is 0 Å². The SMILES string of the molecule is C#CCCCC(C)COCc1ccccc1. The van der Waals surface area contributed by atoms with Crippen LogP contribution in [0.1, 0.15) is 31.7 Å². The van der Waals surface area contributed by atoms with Crippen LogP contribution in [0.15, 0.2) is 30.3 Å². The lowest BCUT2D eigenvalue weighted by molar-refractivity contribution is 0.0891. The molecule has 0 fully saturated rings. The van der Waals surface area contributed by atoms with Crippen molar-refractivity contribution in [2.24, 2.45) is 5.92 Å². The molecule has 1 nitrogen and oxygen atoms in total. The van der Waals surface area contributed by atoms with Gasteiger partial charge in [-0.25, -0.2) is 0 Å². The summed E-state index contributed by atoms with van der Waals surface area (Å²) in [5, 5.41) is 0. The molecule has 0 saturated carbocycles. The summed E-state index contributed by atoms with van der Waals surface area (Å²) in [7, 11) is 0. The number of benzene rings is 1. The molecule has 1 aromatic rings. The summed E-state index contributed by atoms with van der Waals surface area (Å²) in [6.45, 7) is 3.74. The summed E-state index contributed by atoms with van der Waals surface area (Å²) >= 11 is 0. The fraction of sp³-hybridized carbons (Fsp3) is 0.467. The van der Waals surface area contributed by atoms with Crippen LogP contribution >= 0.6 is 0 Å². The van der Waals surface area contributed by atoms with Crippen molar-refractivity contribution in [3.63, 3.8) is 0 Å². The molecule has 1 heteroatoms. The van der Waals surface area contributed by atoms with Crippen molar-refractivity contribution in [2.45, 2.75) is 32.8 Å². The minimum absolute atomic E-state index is 0.595. The van der Waals surface area contributed by atoms with Crippen LogP contribution in [0.25, 0.3) is 0 Å². The first-order chi connectivity index (χ1) is 7.83. The summed E-state index contributed by atoms with van der Waals surface area (Å²) in [4.78, 5) is 0. The summed E-state index contributed by atoms with van der Waals surface area (Å²) in [6.07, 6.45) is 8.34. The Morgan fingerprint density at radius 1 is 1.31 bits per heavy atom. The molecule has 0 aliphatic rings. The number of terminal acetylenes is 1. The van der Waals surface area contributed by atoms with Gasteiger partial charge in [-0.05, 0) is 24.3 Å². The Balaban J connectivity index is 2.09. The maximum absolute atomic E-state index is 5.66. The van der Waals surface area contributed by atoms with Crippen LogP contribution in [-0.4, -0.2) is 6.61 Å². The first-order valence-electron chi connectivity index (χ1n) is 5.88. The van der Waals surface area contributed by atoms with E-state index >= 15 is 0 Å². The molecular formula is C15H20O. The van der Waals surface area contributed by atoms with Gasteiger partial charge in [-0.2, -0.15) is 0 Å². The van der Waals surface area contributed by atoms with Gasteiger partial charge in [0.05, 0.1) is 6.61 Å². The van der Waals surface area contributed by atoms with Crippen molar-refractivity contribution in [2.75, 3.05) is 6.61 Å².